The Hall–Kier alpha value is -0.420. The summed E-state index contributed by atoms with van der Waals surface area (Å²) in [5.74, 6) is 1.68. The minimum absolute atomic E-state index is 0. The summed E-state index contributed by atoms with van der Waals surface area (Å²) in [5, 5.41) is 4.65. The molecule has 0 saturated carbocycles. The first-order valence-corrected chi connectivity index (χ1v) is 8.86. The molecule has 3 nitrogen and oxygen atoms in total. The van der Waals surface area contributed by atoms with Crippen molar-refractivity contribution in [2.45, 2.75) is 26.8 Å². The summed E-state index contributed by atoms with van der Waals surface area (Å²) in [4.78, 5) is 2.43. The van der Waals surface area contributed by atoms with Gasteiger partial charge in [-0.05, 0) is 62.9 Å². The van der Waals surface area contributed by atoms with E-state index in [1.165, 1.54) is 0 Å². The van der Waals surface area contributed by atoms with Crippen LogP contribution in [-0.2, 0) is 6.54 Å². The maximum Gasteiger partial charge on any atom is 0.135 e. The van der Waals surface area contributed by atoms with E-state index in [4.69, 9.17) is 27.6 Å². The topological polar surface area (TPSA) is 28.4 Å². The number of hydrogen-bond acceptors (Lipinski definition) is 3. The minimum atomic E-state index is 0. The second-order valence-corrected chi connectivity index (χ2v) is 6.29. The van der Waals surface area contributed by atoms with E-state index in [9.17, 15) is 0 Å². The molecular formula is C18H26Cl4N2O. The van der Waals surface area contributed by atoms with E-state index < -0.39 is 0 Å². The highest BCUT2D eigenvalue weighted by Crippen LogP contribution is 2.31. The van der Waals surface area contributed by atoms with Crippen molar-refractivity contribution >= 4 is 48.0 Å². The summed E-state index contributed by atoms with van der Waals surface area (Å²) >= 11 is 12.1. The van der Waals surface area contributed by atoms with Crippen LogP contribution >= 0.6 is 48.0 Å². The van der Waals surface area contributed by atoms with Gasteiger partial charge in [0.25, 0.3) is 0 Å². The molecule has 25 heavy (non-hydrogen) atoms. The zero-order chi connectivity index (χ0) is 16.7. The molecule has 0 unspecified atom stereocenters. The number of halogens is 4. The van der Waals surface area contributed by atoms with E-state index in [1.807, 2.05) is 24.3 Å². The van der Waals surface area contributed by atoms with Crippen LogP contribution in [-0.4, -0.2) is 31.1 Å². The molecule has 1 N–H and O–H groups in total. The van der Waals surface area contributed by atoms with Crippen molar-refractivity contribution < 1.29 is 4.42 Å². The number of hydrogen-bond donors (Lipinski definition) is 1. The smallest absolute Gasteiger partial charge is 0.135 e. The van der Waals surface area contributed by atoms with E-state index in [0.717, 1.165) is 56.2 Å². The third kappa shape index (κ3) is 7.78. The third-order valence-electron chi connectivity index (χ3n) is 3.88. The maximum absolute atomic E-state index is 6.21. The molecule has 1 aromatic carbocycles. The lowest BCUT2D eigenvalue weighted by Crippen LogP contribution is -2.27. The first kappa shape index (κ1) is 24.6. The Kier molecular flexibility index (Phi) is 12.6. The molecule has 0 saturated heterocycles. The van der Waals surface area contributed by atoms with Gasteiger partial charge in [-0.15, -0.1) is 24.8 Å². The summed E-state index contributed by atoms with van der Waals surface area (Å²) in [6.45, 7) is 9.45. The van der Waals surface area contributed by atoms with Crippen LogP contribution < -0.4 is 5.32 Å². The van der Waals surface area contributed by atoms with Gasteiger partial charge in [0, 0.05) is 10.6 Å². The zero-order valence-corrected chi connectivity index (χ0v) is 17.7. The van der Waals surface area contributed by atoms with Gasteiger partial charge in [0.2, 0.25) is 0 Å². The third-order valence-corrected chi connectivity index (χ3v) is 4.43. The molecule has 0 bridgehead atoms. The van der Waals surface area contributed by atoms with Crippen LogP contribution in [0.15, 0.2) is 34.7 Å². The number of rotatable bonds is 9. The summed E-state index contributed by atoms with van der Waals surface area (Å²) < 4.78 is 5.86. The van der Waals surface area contributed by atoms with E-state index >= 15 is 0 Å². The van der Waals surface area contributed by atoms with Crippen LogP contribution in [0.25, 0.3) is 11.3 Å². The van der Waals surface area contributed by atoms with Crippen molar-refractivity contribution in [1.29, 1.82) is 0 Å². The normalized spacial score (nSPS) is 10.4. The van der Waals surface area contributed by atoms with E-state index in [-0.39, 0.29) is 24.8 Å². The van der Waals surface area contributed by atoms with Gasteiger partial charge in [-0.1, -0.05) is 37.0 Å². The highest BCUT2D eigenvalue weighted by molar-refractivity contribution is 6.36. The van der Waals surface area contributed by atoms with Crippen molar-refractivity contribution in [2.24, 2.45) is 0 Å². The van der Waals surface area contributed by atoms with Gasteiger partial charge in [-0.2, -0.15) is 0 Å². The Morgan fingerprint density at radius 3 is 2.40 bits per heavy atom. The highest BCUT2D eigenvalue weighted by Gasteiger charge is 2.09. The lowest BCUT2D eigenvalue weighted by Gasteiger charge is -2.17. The Balaban J connectivity index is 0.00000288. The summed E-state index contributed by atoms with van der Waals surface area (Å²) in [7, 11) is 0. The Morgan fingerprint density at radius 2 is 1.76 bits per heavy atom. The van der Waals surface area contributed by atoms with E-state index in [1.54, 1.807) is 6.07 Å². The second kappa shape index (κ2) is 12.9. The fourth-order valence-corrected chi connectivity index (χ4v) is 2.99. The van der Waals surface area contributed by atoms with Gasteiger partial charge in [-0.3, -0.25) is 0 Å². The van der Waals surface area contributed by atoms with Crippen molar-refractivity contribution in [2.75, 3.05) is 26.2 Å². The SMILES string of the molecule is CCN(CC)CCCNCc1ccc(-c2ccc(Cl)cc2Cl)o1.Cl.Cl. The molecule has 0 aliphatic carbocycles. The predicted molar refractivity (Wildman–Crippen MR) is 113 cm³/mol. The first-order chi connectivity index (χ1) is 11.1. The number of benzene rings is 1. The van der Waals surface area contributed by atoms with Gasteiger partial charge < -0.3 is 14.6 Å². The molecule has 0 amide bonds. The Labute approximate surface area is 172 Å². The molecule has 2 rings (SSSR count). The standard InChI is InChI=1S/C18H24Cl2N2O.2ClH/c1-3-22(4-2)11-5-10-21-13-15-7-9-18(23-15)16-8-6-14(19)12-17(16)20;;/h6-9,12,21H,3-5,10-11,13H2,1-2H3;2*1H. The number of nitrogens with zero attached hydrogens (tertiary/aromatic N) is 1. The second-order valence-electron chi connectivity index (χ2n) is 5.45. The molecule has 2 aromatic rings. The van der Waals surface area contributed by atoms with Crippen LogP contribution in [0.4, 0.5) is 0 Å². The van der Waals surface area contributed by atoms with Gasteiger partial charge in [-0.25, -0.2) is 0 Å². The molecule has 1 heterocycles. The molecule has 0 aliphatic rings. The van der Waals surface area contributed by atoms with Crippen molar-refractivity contribution in [3.05, 3.63) is 46.1 Å². The molecule has 7 heteroatoms. The number of nitrogens with one attached hydrogen (secondary N) is 1. The lowest BCUT2D eigenvalue weighted by molar-refractivity contribution is 0.297. The van der Waals surface area contributed by atoms with Gasteiger partial charge in [0.15, 0.2) is 0 Å². The molecule has 0 aliphatic heterocycles. The van der Waals surface area contributed by atoms with Gasteiger partial charge in [0.1, 0.15) is 11.5 Å². The van der Waals surface area contributed by atoms with E-state index in [0.29, 0.717) is 10.0 Å². The highest BCUT2D eigenvalue weighted by atomic mass is 35.5. The molecule has 0 fully saturated rings. The molecule has 142 valence electrons. The Morgan fingerprint density at radius 1 is 1.04 bits per heavy atom. The van der Waals surface area contributed by atoms with Crippen LogP contribution in [0, 0.1) is 0 Å². The molecular weight excluding hydrogens is 402 g/mol. The monoisotopic (exact) mass is 426 g/mol. The lowest BCUT2D eigenvalue weighted by atomic mass is 10.2. The maximum atomic E-state index is 6.21. The summed E-state index contributed by atoms with van der Waals surface area (Å²) in [6.07, 6.45) is 1.14. The fraction of sp³-hybridized carbons (Fsp3) is 0.444. The van der Waals surface area contributed by atoms with Crippen LogP contribution in [0.1, 0.15) is 26.0 Å². The fourth-order valence-electron chi connectivity index (χ4n) is 2.49. The summed E-state index contributed by atoms with van der Waals surface area (Å²) in [5.41, 5.74) is 0.865. The van der Waals surface area contributed by atoms with Gasteiger partial charge >= 0.3 is 0 Å². The average molecular weight is 428 g/mol. The van der Waals surface area contributed by atoms with Crippen LogP contribution in [0.2, 0.25) is 10.0 Å². The largest absolute Gasteiger partial charge is 0.460 e. The van der Waals surface area contributed by atoms with Crippen molar-refractivity contribution in [3.63, 3.8) is 0 Å². The van der Waals surface area contributed by atoms with Crippen LogP contribution in [0.3, 0.4) is 0 Å². The first-order valence-electron chi connectivity index (χ1n) is 8.11. The van der Waals surface area contributed by atoms with Crippen LogP contribution in [0.5, 0.6) is 0 Å². The average Bonchev–Trinajstić information content (AvgIpc) is 2.99. The minimum Gasteiger partial charge on any atom is -0.460 e. The molecule has 0 radical (unpaired) electrons. The zero-order valence-electron chi connectivity index (χ0n) is 14.6. The van der Waals surface area contributed by atoms with Crippen molar-refractivity contribution in [3.8, 4) is 11.3 Å². The quantitative estimate of drug-likeness (QED) is 0.503. The molecule has 0 atom stereocenters. The van der Waals surface area contributed by atoms with Crippen molar-refractivity contribution in [1.82, 2.24) is 10.2 Å². The number of furan rings is 1. The molecule has 0 spiro atoms. The Bertz CT molecular complexity index is 615. The summed E-state index contributed by atoms with van der Waals surface area (Å²) in [6, 6.07) is 9.35. The van der Waals surface area contributed by atoms with Gasteiger partial charge in [0.05, 0.1) is 11.6 Å². The predicted octanol–water partition coefficient (Wildman–Crippen LogP) is 5.92. The molecule has 1 aromatic heterocycles. The van der Waals surface area contributed by atoms with E-state index in [2.05, 4.69) is 24.1 Å².